The zero-order chi connectivity index (χ0) is 13.0. The molecule has 1 heterocycles. The van der Waals surface area contributed by atoms with Gasteiger partial charge in [0.25, 0.3) is 0 Å². The molecule has 1 unspecified atom stereocenters. The largest absolute Gasteiger partial charge is 0.340 e. The number of rotatable bonds is 5. The number of carbonyl (C=O) groups is 1. The van der Waals surface area contributed by atoms with E-state index in [4.69, 9.17) is 5.73 Å². The third kappa shape index (κ3) is 4.08. The van der Waals surface area contributed by atoms with E-state index in [0.717, 1.165) is 4.47 Å². The van der Waals surface area contributed by atoms with Gasteiger partial charge in [-0.3, -0.25) is 4.79 Å². The second kappa shape index (κ2) is 6.52. The van der Waals surface area contributed by atoms with Gasteiger partial charge in [-0.05, 0) is 27.9 Å². The molecule has 0 spiro atoms. The average molecular weight is 319 g/mol. The van der Waals surface area contributed by atoms with Crippen LogP contribution in [0, 0.1) is 11.8 Å². The van der Waals surface area contributed by atoms with Gasteiger partial charge >= 0.3 is 0 Å². The van der Waals surface area contributed by atoms with Gasteiger partial charge < -0.3 is 10.6 Å². The van der Waals surface area contributed by atoms with E-state index >= 15 is 0 Å². The van der Waals surface area contributed by atoms with Crippen LogP contribution in [0.15, 0.2) is 15.9 Å². The van der Waals surface area contributed by atoms with E-state index < -0.39 is 0 Å². The first kappa shape index (κ1) is 14.7. The highest BCUT2D eigenvalue weighted by molar-refractivity contribution is 9.10. The first-order valence-corrected chi connectivity index (χ1v) is 7.31. The van der Waals surface area contributed by atoms with Crippen molar-refractivity contribution in [1.29, 1.82) is 0 Å². The first-order chi connectivity index (χ1) is 7.95. The van der Waals surface area contributed by atoms with Crippen molar-refractivity contribution in [3.05, 3.63) is 20.8 Å². The van der Waals surface area contributed by atoms with Gasteiger partial charge in [-0.15, -0.1) is 11.3 Å². The molecule has 0 aliphatic carbocycles. The molecule has 96 valence electrons. The van der Waals surface area contributed by atoms with Crippen LogP contribution in [-0.2, 0) is 11.3 Å². The molecular formula is C12H19BrN2OS. The molecule has 0 radical (unpaired) electrons. The summed E-state index contributed by atoms with van der Waals surface area (Å²) in [6, 6.07) is 2.04. The summed E-state index contributed by atoms with van der Waals surface area (Å²) in [6.45, 7) is 5.13. The molecule has 17 heavy (non-hydrogen) atoms. The second-order valence-corrected chi connectivity index (χ2v) is 6.42. The van der Waals surface area contributed by atoms with Crippen LogP contribution in [-0.4, -0.2) is 24.4 Å². The number of hydrogen-bond donors (Lipinski definition) is 1. The summed E-state index contributed by atoms with van der Waals surface area (Å²) in [5, 5.41) is 2.02. The molecule has 0 aromatic carbocycles. The van der Waals surface area contributed by atoms with Crippen LogP contribution in [0.2, 0.25) is 0 Å². The monoisotopic (exact) mass is 318 g/mol. The van der Waals surface area contributed by atoms with E-state index in [0.29, 0.717) is 13.1 Å². The molecule has 0 bridgehead atoms. The SMILES string of the molecule is CC(C)C(CN)C(=O)N(C)Cc1cc(Br)cs1. The molecule has 0 aliphatic rings. The van der Waals surface area contributed by atoms with Crippen LogP contribution in [0.25, 0.3) is 0 Å². The van der Waals surface area contributed by atoms with Gasteiger partial charge in [0, 0.05) is 28.3 Å². The van der Waals surface area contributed by atoms with Crippen molar-refractivity contribution in [2.24, 2.45) is 17.6 Å². The van der Waals surface area contributed by atoms with Crippen molar-refractivity contribution in [2.75, 3.05) is 13.6 Å². The minimum Gasteiger partial charge on any atom is -0.340 e. The van der Waals surface area contributed by atoms with Crippen molar-refractivity contribution in [3.63, 3.8) is 0 Å². The van der Waals surface area contributed by atoms with Crippen LogP contribution >= 0.6 is 27.3 Å². The molecule has 0 fully saturated rings. The summed E-state index contributed by atoms with van der Waals surface area (Å²) in [7, 11) is 1.83. The number of hydrogen-bond acceptors (Lipinski definition) is 3. The van der Waals surface area contributed by atoms with Gasteiger partial charge in [-0.2, -0.15) is 0 Å². The Kier molecular flexibility index (Phi) is 5.62. The number of amides is 1. The van der Waals surface area contributed by atoms with Crippen LogP contribution in [0.4, 0.5) is 0 Å². The van der Waals surface area contributed by atoms with Crippen LogP contribution < -0.4 is 5.73 Å². The summed E-state index contributed by atoms with van der Waals surface area (Å²) in [6.07, 6.45) is 0. The Balaban J connectivity index is 2.63. The molecule has 0 saturated carbocycles. The second-order valence-electron chi connectivity index (χ2n) is 4.51. The topological polar surface area (TPSA) is 46.3 Å². The Morgan fingerprint density at radius 3 is 2.65 bits per heavy atom. The molecule has 1 aromatic rings. The summed E-state index contributed by atoms with van der Waals surface area (Å²) in [4.78, 5) is 15.1. The maximum atomic E-state index is 12.2. The molecule has 0 aliphatic heterocycles. The maximum absolute atomic E-state index is 12.2. The quantitative estimate of drug-likeness (QED) is 0.907. The van der Waals surface area contributed by atoms with Crippen molar-refractivity contribution in [3.8, 4) is 0 Å². The van der Waals surface area contributed by atoms with E-state index in [1.807, 2.05) is 32.3 Å². The fraction of sp³-hybridized carbons (Fsp3) is 0.583. The van der Waals surface area contributed by atoms with E-state index in [-0.39, 0.29) is 17.7 Å². The molecule has 1 rings (SSSR count). The van der Waals surface area contributed by atoms with Gasteiger partial charge in [-0.25, -0.2) is 0 Å². The Bertz CT molecular complexity index is 378. The van der Waals surface area contributed by atoms with Gasteiger partial charge in [0.05, 0.1) is 12.5 Å². The predicted octanol–water partition coefficient (Wildman–Crippen LogP) is 2.70. The number of carbonyl (C=O) groups excluding carboxylic acids is 1. The first-order valence-electron chi connectivity index (χ1n) is 5.63. The highest BCUT2D eigenvalue weighted by atomic mass is 79.9. The summed E-state index contributed by atoms with van der Waals surface area (Å²) in [5.41, 5.74) is 5.66. The average Bonchev–Trinajstić information content (AvgIpc) is 2.64. The molecule has 1 atom stereocenters. The Morgan fingerprint density at radius 2 is 2.24 bits per heavy atom. The third-order valence-electron chi connectivity index (χ3n) is 2.77. The Hall–Kier alpha value is -0.390. The fourth-order valence-corrected chi connectivity index (χ4v) is 3.19. The van der Waals surface area contributed by atoms with Crippen LogP contribution in [0.5, 0.6) is 0 Å². The number of nitrogens with zero attached hydrogens (tertiary/aromatic N) is 1. The molecule has 0 saturated heterocycles. The number of nitrogens with two attached hydrogens (primary N) is 1. The zero-order valence-electron chi connectivity index (χ0n) is 10.4. The van der Waals surface area contributed by atoms with Crippen LogP contribution in [0.3, 0.4) is 0 Å². The highest BCUT2D eigenvalue weighted by Crippen LogP contribution is 2.22. The molecule has 3 nitrogen and oxygen atoms in total. The Morgan fingerprint density at radius 1 is 1.59 bits per heavy atom. The molecule has 2 N–H and O–H groups in total. The number of halogens is 1. The third-order valence-corrected chi connectivity index (χ3v) is 4.45. The normalized spacial score (nSPS) is 12.8. The van der Waals surface area contributed by atoms with Gasteiger partial charge in [0.1, 0.15) is 0 Å². The Labute approximate surface area is 115 Å². The summed E-state index contributed by atoms with van der Waals surface area (Å²) >= 11 is 5.06. The van der Waals surface area contributed by atoms with Crippen LogP contribution in [0.1, 0.15) is 18.7 Å². The predicted molar refractivity (Wildman–Crippen MR) is 75.9 cm³/mol. The van der Waals surface area contributed by atoms with E-state index in [9.17, 15) is 4.79 Å². The molecule has 1 aromatic heterocycles. The standard InChI is InChI=1S/C12H19BrN2OS/c1-8(2)11(5-14)12(16)15(3)6-10-4-9(13)7-17-10/h4,7-8,11H,5-6,14H2,1-3H3. The van der Waals surface area contributed by atoms with Gasteiger partial charge in [-0.1, -0.05) is 13.8 Å². The lowest BCUT2D eigenvalue weighted by atomic mass is 9.94. The van der Waals surface area contributed by atoms with Crippen molar-refractivity contribution in [1.82, 2.24) is 4.90 Å². The van der Waals surface area contributed by atoms with Crippen molar-refractivity contribution < 1.29 is 4.79 Å². The zero-order valence-corrected chi connectivity index (χ0v) is 12.8. The van der Waals surface area contributed by atoms with Gasteiger partial charge in [0.2, 0.25) is 5.91 Å². The minimum absolute atomic E-state index is 0.0802. The maximum Gasteiger partial charge on any atom is 0.227 e. The minimum atomic E-state index is -0.0802. The van der Waals surface area contributed by atoms with E-state index in [1.54, 1.807) is 16.2 Å². The van der Waals surface area contributed by atoms with Crippen molar-refractivity contribution in [2.45, 2.75) is 20.4 Å². The lowest BCUT2D eigenvalue weighted by molar-refractivity contribution is -0.135. The molecular weight excluding hydrogens is 300 g/mol. The summed E-state index contributed by atoms with van der Waals surface area (Å²) in [5.74, 6) is 0.334. The van der Waals surface area contributed by atoms with Gasteiger partial charge in [0.15, 0.2) is 0 Å². The van der Waals surface area contributed by atoms with E-state index in [2.05, 4.69) is 15.9 Å². The van der Waals surface area contributed by atoms with Crippen molar-refractivity contribution >= 4 is 33.2 Å². The highest BCUT2D eigenvalue weighted by Gasteiger charge is 2.23. The lowest BCUT2D eigenvalue weighted by Crippen LogP contribution is -2.38. The fourth-order valence-electron chi connectivity index (χ4n) is 1.69. The molecule has 5 heteroatoms. The smallest absolute Gasteiger partial charge is 0.227 e. The number of thiophene rings is 1. The summed E-state index contributed by atoms with van der Waals surface area (Å²) < 4.78 is 1.07. The van der Waals surface area contributed by atoms with E-state index in [1.165, 1.54) is 4.88 Å². The molecule has 1 amide bonds. The lowest BCUT2D eigenvalue weighted by Gasteiger charge is -2.24.